The molecule has 0 spiro atoms. The van der Waals surface area contributed by atoms with E-state index in [4.69, 9.17) is 19.1 Å². The Hall–Kier alpha value is -3.02. The Morgan fingerprint density at radius 1 is 0.774 bits per heavy atom. The average molecular weight is 460 g/mol. The number of hydrogen-bond donors (Lipinski definition) is 2. The summed E-state index contributed by atoms with van der Waals surface area (Å²) in [4.78, 5) is 16.2. The van der Waals surface area contributed by atoms with Gasteiger partial charge in [-0.3, -0.25) is 0 Å². The van der Waals surface area contributed by atoms with Crippen LogP contribution >= 0.6 is 0 Å². The molecule has 2 heterocycles. The summed E-state index contributed by atoms with van der Waals surface area (Å²) in [5.74, 6) is 0.477. The minimum atomic E-state index is -4.27. The molecule has 0 amide bonds. The molecule has 0 aliphatic rings. The standard InChI is InChI=1S/2C8H11F3N2O.CO2/c2*1-7(2,8(9,10)11)5-14-6-3-4-12-13-6;2-1-3/h2*3-4H,5H2,1-2H3,(H,12,13);. The molecule has 8 nitrogen and oxygen atoms in total. The summed E-state index contributed by atoms with van der Waals surface area (Å²) in [6.45, 7) is 3.48. The highest BCUT2D eigenvalue weighted by Crippen LogP contribution is 2.38. The number of nitrogens with zero attached hydrogens (tertiary/aromatic N) is 2. The van der Waals surface area contributed by atoms with Crippen LogP contribution in [0.1, 0.15) is 27.7 Å². The van der Waals surface area contributed by atoms with Crippen molar-refractivity contribution >= 4 is 6.15 Å². The zero-order valence-corrected chi connectivity index (χ0v) is 17.0. The zero-order chi connectivity index (χ0) is 24.3. The lowest BCUT2D eigenvalue weighted by molar-refractivity contribution is -0.220. The second kappa shape index (κ2) is 11.4. The van der Waals surface area contributed by atoms with E-state index in [9.17, 15) is 26.3 Å². The van der Waals surface area contributed by atoms with Gasteiger partial charge in [-0.1, -0.05) is 0 Å². The Morgan fingerprint density at radius 2 is 1.06 bits per heavy atom. The van der Waals surface area contributed by atoms with Gasteiger partial charge in [0, 0.05) is 12.1 Å². The lowest BCUT2D eigenvalue weighted by Gasteiger charge is -2.26. The molecule has 2 aromatic heterocycles. The number of H-pyrrole nitrogens is 2. The topological polar surface area (TPSA) is 110 Å². The van der Waals surface area contributed by atoms with Crippen LogP contribution in [0.2, 0.25) is 0 Å². The molecule has 0 saturated heterocycles. The molecule has 0 fully saturated rings. The Morgan fingerprint density at radius 3 is 1.26 bits per heavy atom. The third-order valence-electron chi connectivity index (χ3n) is 3.66. The highest BCUT2D eigenvalue weighted by Gasteiger charge is 2.48. The third-order valence-corrected chi connectivity index (χ3v) is 3.66. The molecular weight excluding hydrogens is 438 g/mol. The van der Waals surface area contributed by atoms with E-state index in [1.54, 1.807) is 0 Å². The predicted molar refractivity (Wildman–Crippen MR) is 92.8 cm³/mol. The van der Waals surface area contributed by atoms with E-state index in [1.807, 2.05) is 0 Å². The Bertz CT molecular complexity index is 705. The number of ether oxygens (including phenoxy) is 2. The number of nitrogens with one attached hydrogen (secondary N) is 2. The lowest BCUT2D eigenvalue weighted by Crippen LogP contribution is -2.37. The van der Waals surface area contributed by atoms with Crippen LogP contribution in [0, 0.1) is 10.8 Å². The largest absolute Gasteiger partial charge is 0.477 e. The van der Waals surface area contributed by atoms with Crippen LogP contribution in [0.4, 0.5) is 26.3 Å². The summed E-state index contributed by atoms with van der Waals surface area (Å²) in [5.41, 5.74) is -3.73. The van der Waals surface area contributed by atoms with Gasteiger partial charge in [0.2, 0.25) is 11.8 Å². The van der Waals surface area contributed by atoms with Gasteiger partial charge in [0.05, 0.1) is 23.2 Å². The van der Waals surface area contributed by atoms with Gasteiger partial charge in [-0.25, -0.2) is 10.2 Å². The first-order valence-corrected chi connectivity index (χ1v) is 8.44. The number of aromatic nitrogens is 4. The molecule has 0 saturated carbocycles. The van der Waals surface area contributed by atoms with Crippen LogP contribution < -0.4 is 9.47 Å². The van der Waals surface area contributed by atoms with Crippen molar-refractivity contribution < 1.29 is 45.4 Å². The second-order valence-electron chi connectivity index (χ2n) is 7.27. The smallest absolute Gasteiger partial charge is 0.397 e. The van der Waals surface area contributed by atoms with Gasteiger partial charge >= 0.3 is 18.5 Å². The van der Waals surface area contributed by atoms with Gasteiger partial charge < -0.3 is 9.47 Å². The van der Waals surface area contributed by atoms with E-state index in [1.165, 1.54) is 24.5 Å². The van der Waals surface area contributed by atoms with E-state index in [-0.39, 0.29) is 17.9 Å². The highest BCUT2D eigenvalue weighted by atomic mass is 19.4. The second-order valence-corrected chi connectivity index (χ2v) is 7.27. The fourth-order valence-corrected chi connectivity index (χ4v) is 1.33. The van der Waals surface area contributed by atoms with Gasteiger partial charge in [0.1, 0.15) is 13.2 Å². The van der Waals surface area contributed by atoms with Crippen molar-refractivity contribution in [3.05, 3.63) is 24.5 Å². The van der Waals surface area contributed by atoms with Crippen LogP contribution in [0.5, 0.6) is 11.8 Å². The summed E-state index contributed by atoms with van der Waals surface area (Å²) in [5, 5.41) is 12.0. The molecule has 14 heteroatoms. The molecule has 0 aliphatic carbocycles. The van der Waals surface area contributed by atoms with Crippen molar-refractivity contribution in [3.8, 4) is 11.8 Å². The number of alkyl halides is 6. The molecule has 0 aliphatic heterocycles. The normalized spacial score (nSPS) is 11.9. The first-order chi connectivity index (χ1) is 14.1. The number of rotatable bonds is 6. The maximum atomic E-state index is 12.4. The fourth-order valence-electron chi connectivity index (χ4n) is 1.33. The Kier molecular flexibility index (Phi) is 10.3. The minimum absolute atomic E-state index is 0.238. The summed E-state index contributed by atoms with van der Waals surface area (Å²) >= 11 is 0. The molecule has 176 valence electrons. The van der Waals surface area contributed by atoms with E-state index in [0.717, 1.165) is 27.7 Å². The van der Waals surface area contributed by atoms with Gasteiger partial charge in [-0.15, -0.1) is 0 Å². The van der Waals surface area contributed by atoms with Crippen molar-refractivity contribution in [1.82, 2.24) is 20.4 Å². The molecule has 2 rings (SSSR count). The van der Waals surface area contributed by atoms with Gasteiger partial charge in [-0.05, 0) is 27.7 Å². The molecule has 0 bridgehead atoms. The molecule has 0 atom stereocenters. The molecule has 0 aromatic carbocycles. The third kappa shape index (κ3) is 10.0. The molecule has 2 N–H and O–H groups in total. The summed E-state index contributed by atoms with van der Waals surface area (Å²) < 4.78 is 83.9. The average Bonchev–Trinajstić information content (AvgIpc) is 3.31. The molecule has 0 unspecified atom stereocenters. The summed E-state index contributed by atoms with van der Waals surface area (Å²) in [6, 6.07) is 2.93. The molecule has 31 heavy (non-hydrogen) atoms. The van der Waals surface area contributed by atoms with Gasteiger partial charge in [0.25, 0.3) is 0 Å². The molecular formula is C17H22F6N4O4. The van der Waals surface area contributed by atoms with Crippen molar-refractivity contribution in [1.29, 1.82) is 0 Å². The van der Waals surface area contributed by atoms with Crippen molar-refractivity contribution in [3.63, 3.8) is 0 Å². The van der Waals surface area contributed by atoms with E-state index in [0.29, 0.717) is 0 Å². The predicted octanol–water partition coefficient (Wildman–Crippen LogP) is 4.17. The Balaban J connectivity index is 0.000000516. The quantitative estimate of drug-likeness (QED) is 0.627. The van der Waals surface area contributed by atoms with E-state index >= 15 is 0 Å². The van der Waals surface area contributed by atoms with E-state index < -0.39 is 36.4 Å². The molecule has 2 aromatic rings. The maximum Gasteiger partial charge on any atom is 0.397 e. The number of halogens is 6. The lowest BCUT2D eigenvalue weighted by atomic mass is 9.94. The fraction of sp³-hybridized carbons (Fsp3) is 0.588. The van der Waals surface area contributed by atoms with Crippen LogP contribution in [-0.2, 0) is 9.59 Å². The first-order valence-electron chi connectivity index (χ1n) is 8.44. The van der Waals surface area contributed by atoms with E-state index in [2.05, 4.69) is 20.4 Å². The SMILES string of the molecule is CC(C)(COc1ccn[nH]1)C(F)(F)F.CC(C)(COc1ccn[nH]1)C(F)(F)F.O=C=O. The number of carbonyl (C=O) groups excluding carboxylic acids is 2. The monoisotopic (exact) mass is 460 g/mol. The first kappa shape index (κ1) is 28.0. The van der Waals surface area contributed by atoms with Crippen LogP contribution in [0.3, 0.4) is 0 Å². The summed E-state index contributed by atoms with van der Waals surface area (Å²) in [6.07, 6.45) is -5.47. The Labute approximate surface area is 173 Å². The van der Waals surface area contributed by atoms with Gasteiger partial charge in [0.15, 0.2) is 0 Å². The number of hydrogen-bond acceptors (Lipinski definition) is 6. The van der Waals surface area contributed by atoms with Crippen molar-refractivity contribution in [2.45, 2.75) is 40.0 Å². The van der Waals surface area contributed by atoms with Crippen molar-refractivity contribution in [2.75, 3.05) is 13.2 Å². The highest BCUT2D eigenvalue weighted by molar-refractivity contribution is 5.20. The van der Waals surface area contributed by atoms with Crippen LogP contribution in [-0.4, -0.2) is 52.1 Å². The minimum Gasteiger partial charge on any atom is -0.477 e. The summed E-state index contributed by atoms with van der Waals surface area (Å²) in [7, 11) is 0. The number of aromatic amines is 2. The zero-order valence-electron chi connectivity index (χ0n) is 17.0. The maximum absolute atomic E-state index is 12.4. The van der Waals surface area contributed by atoms with Crippen molar-refractivity contribution in [2.24, 2.45) is 10.8 Å². The molecule has 0 radical (unpaired) electrons. The van der Waals surface area contributed by atoms with Crippen LogP contribution in [0.25, 0.3) is 0 Å². The van der Waals surface area contributed by atoms with Gasteiger partial charge in [-0.2, -0.15) is 46.1 Å². The van der Waals surface area contributed by atoms with Crippen LogP contribution in [0.15, 0.2) is 24.5 Å².